The molecule has 20 heavy (non-hydrogen) atoms. The molecule has 0 radical (unpaired) electrons. The number of carbonyl (C=O) groups excluding carboxylic acids is 1. The highest BCUT2D eigenvalue weighted by molar-refractivity contribution is 7.98. The van der Waals surface area contributed by atoms with E-state index in [9.17, 15) is 4.79 Å². The van der Waals surface area contributed by atoms with E-state index in [2.05, 4.69) is 21.8 Å². The summed E-state index contributed by atoms with van der Waals surface area (Å²) in [7, 11) is 0. The summed E-state index contributed by atoms with van der Waals surface area (Å²) in [5, 5.41) is 6.41. The van der Waals surface area contributed by atoms with Gasteiger partial charge in [0, 0.05) is 13.1 Å². The van der Waals surface area contributed by atoms with Crippen LogP contribution in [0.1, 0.15) is 32.1 Å². The van der Waals surface area contributed by atoms with E-state index in [1.54, 1.807) is 0 Å². The largest absolute Gasteiger partial charge is 0.354 e. The fourth-order valence-corrected chi connectivity index (χ4v) is 3.65. The van der Waals surface area contributed by atoms with Gasteiger partial charge in [0.1, 0.15) is 0 Å². The zero-order valence-corrected chi connectivity index (χ0v) is 13.5. The normalized spacial score (nSPS) is 27.6. The van der Waals surface area contributed by atoms with E-state index in [0.717, 1.165) is 32.5 Å². The molecule has 2 saturated heterocycles. The molecule has 0 aliphatic carbocycles. The number of rotatable bonds is 7. The Labute approximate surface area is 127 Å². The number of thioether (sulfide) groups is 1. The highest BCUT2D eigenvalue weighted by Gasteiger charge is 2.24. The van der Waals surface area contributed by atoms with Gasteiger partial charge in [0.05, 0.1) is 6.04 Å². The van der Waals surface area contributed by atoms with Crippen LogP contribution in [-0.4, -0.2) is 61.6 Å². The van der Waals surface area contributed by atoms with Crippen molar-refractivity contribution in [1.82, 2.24) is 15.5 Å². The molecule has 2 unspecified atom stereocenters. The van der Waals surface area contributed by atoms with Gasteiger partial charge in [-0.2, -0.15) is 11.8 Å². The number of piperidine rings is 1. The van der Waals surface area contributed by atoms with Gasteiger partial charge in [0.15, 0.2) is 0 Å². The fourth-order valence-electron chi connectivity index (χ4n) is 3.23. The van der Waals surface area contributed by atoms with Gasteiger partial charge in [-0.05, 0) is 69.7 Å². The number of nitrogens with one attached hydrogen (secondary N) is 2. The maximum atomic E-state index is 12.0. The first-order chi connectivity index (χ1) is 9.79. The van der Waals surface area contributed by atoms with Crippen LogP contribution in [0.4, 0.5) is 0 Å². The lowest BCUT2D eigenvalue weighted by molar-refractivity contribution is -0.123. The van der Waals surface area contributed by atoms with Crippen molar-refractivity contribution in [2.24, 2.45) is 5.92 Å². The fraction of sp³-hybridized carbons (Fsp3) is 0.933. The van der Waals surface area contributed by atoms with E-state index in [4.69, 9.17) is 0 Å². The van der Waals surface area contributed by atoms with E-state index in [-0.39, 0.29) is 11.9 Å². The van der Waals surface area contributed by atoms with Gasteiger partial charge in [-0.3, -0.25) is 4.79 Å². The quantitative estimate of drug-likeness (QED) is 0.696. The lowest BCUT2D eigenvalue weighted by Crippen LogP contribution is -2.45. The predicted molar refractivity (Wildman–Crippen MR) is 86.2 cm³/mol. The van der Waals surface area contributed by atoms with Crippen LogP contribution in [0, 0.1) is 5.92 Å². The molecular weight excluding hydrogens is 270 g/mol. The maximum absolute atomic E-state index is 12.0. The molecule has 2 N–H and O–H groups in total. The third-order valence-corrected chi connectivity index (χ3v) is 5.06. The lowest BCUT2D eigenvalue weighted by atomic mass is 9.97. The summed E-state index contributed by atoms with van der Waals surface area (Å²) in [6.07, 6.45) is 8.12. The van der Waals surface area contributed by atoms with Crippen molar-refractivity contribution in [3.8, 4) is 0 Å². The molecule has 4 nitrogen and oxygen atoms in total. The Morgan fingerprint density at radius 2 is 2.30 bits per heavy atom. The standard InChI is InChI=1S/C15H29N3OS/c1-20-10-4-9-18-8-3-5-13(12-18)11-17-15(19)14-6-2-7-16-14/h13-14,16H,2-12H2,1H3,(H,17,19). The first-order valence-electron chi connectivity index (χ1n) is 8.02. The van der Waals surface area contributed by atoms with Crippen LogP contribution in [-0.2, 0) is 4.79 Å². The molecule has 116 valence electrons. The molecule has 2 heterocycles. The minimum Gasteiger partial charge on any atom is -0.354 e. The third kappa shape index (κ3) is 5.26. The zero-order valence-electron chi connectivity index (χ0n) is 12.7. The van der Waals surface area contributed by atoms with Crippen molar-refractivity contribution >= 4 is 17.7 Å². The molecule has 2 fully saturated rings. The second-order valence-electron chi connectivity index (χ2n) is 6.05. The van der Waals surface area contributed by atoms with Crippen LogP contribution < -0.4 is 10.6 Å². The van der Waals surface area contributed by atoms with Gasteiger partial charge in [-0.1, -0.05) is 0 Å². The summed E-state index contributed by atoms with van der Waals surface area (Å²) in [5.74, 6) is 2.11. The monoisotopic (exact) mass is 299 g/mol. The topological polar surface area (TPSA) is 44.4 Å². The van der Waals surface area contributed by atoms with E-state index in [0.29, 0.717) is 5.92 Å². The molecule has 0 aromatic rings. The highest BCUT2D eigenvalue weighted by atomic mass is 32.2. The van der Waals surface area contributed by atoms with E-state index < -0.39 is 0 Å². The van der Waals surface area contributed by atoms with Gasteiger partial charge in [0.2, 0.25) is 5.91 Å². The van der Waals surface area contributed by atoms with Crippen LogP contribution in [0.15, 0.2) is 0 Å². The second kappa shape index (κ2) is 8.90. The Kier molecular flexibility index (Phi) is 7.17. The maximum Gasteiger partial charge on any atom is 0.237 e. The van der Waals surface area contributed by atoms with Gasteiger partial charge in [-0.25, -0.2) is 0 Å². The van der Waals surface area contributed by atoms with Crippen LogP contribution in [0.2, 0.25) is 0 Å². The van der Waals surface area contributed by atoms with Gasteiger partial charge < -0.3 is 15.5 Å². The van der Waals surface area contributed by atoms with E-state index in [1.165, 1.54) is 38.1 Å². The van der Waals surface area contributed by atoms with Crippen LogP contribution in [0.3, 0.4) is 0 Å². The Morgan fingerprint density at radius 3 is 3.05 bits per heavy atom. The highest BCUT2D eigenvalue weighted by Crippen LogP contribution is 2.16. The molecule has 0 aromatic carbocycles. The lowest BCUT2D eigenvalue weighted by Gasteiger charge is -2.33. The van der Waals surface area contributed by atoms with Crippen molar-refractivity contribution in [3.05, 3.63) is 0 Å². The molecule has 0 saturated carbocycles. The number of hydrogen-bond acceptors (Lipinski definition) is 4. The first-order valence-corrected chi connectivity index (χ1v) is 9.41. The Bertz CT molecular complexity index is 295. The van der Waals surface area contributed by atoms with Crippen molar-refractivity contribution < 1.29 is 4.79 Å². The minimum absolute atomic E-state index is 0.0660. The minimum atomic E-state index is 0.0660. The molecule has 0 spiro atoms. The van der Waals surface area contributed by atoms with Crippen LogP contribution in [0.25, 0.3) is 0 Å². The van der Waals surface area contributed by atoms with E-state index >= 15 is 0 Å². The van der Waals surface area contributed by atoms with Gasteiger partial charge in [-0.15, -0.1) is 0 Å². The number of amides is 1. The molecule has 2 atom stereocenters. The number of carbonyl (C=O) groups is 1. The zero-order chi connectivity index (χ0) is 14.2. The van der Waals surface area contributed by atoms with Crippen LogP contribution in [0.5, 0.6) is 0 Å². The average molecular weight is 299 g/mol. The Balaban J connectivity index is 1.63. The molecule has 2 aliphatic heterocycles. The van der Waals surface area contributed by atoms with Crippen molar-refractivity contribution in [3.63, 3.8) is 0 Å². The number of nitrogens with zero attached hydrogens (tertiary/aromatic N) is 1. The van der Waals surface area contributed by atoms with Crippen molar-refractivity contribution in [2.45, 2.75) is 38.1 Å². The summed E-state index contributed by atoms with van der Waals surface area (Å²) >= 11 is 1.93. The molecule has 1 amide bonds. The molecule has 0 aromatic heterocycles. The summed E-state index contributed by atoms with van der Waals surface area (Å²) in [5.41, 5.74) is 0. The Morgan fingerprint density at radius 1 is 1.40 bits per heavy atom. The molecule has 2 aliphatic rings. The summed E-state index contributed by atoms with van der Waals surface area (Å²) < 4.78 is 0. The first kappa shape index (κ1) is 16.1. The number of likely N-dealkylation sites (tertiary alicyclic amines) is 1. The third-order valence-electron chi connectivity index (χ3n) is 4.37. The van der Waals surface area contributed by atoms with E-state index in [1.807, 2.05) is 11.8 Å². The van der Waals surface area contributed by atoms with Gasteiger partial charge in [0.25, 0.3) is 0 Å². The van der Waals surface area contributed by atoms with Crippen molar-refractivity contribution in [1.29, 1.82) is 0 Å². The average Bonchev–Trinajstić information content (AvgIpc) is 3.00. The summed E-state index contributed by atoms with van der Waals surface area (Å²) in [6.45, 7) is 5.46. The smallest absolute Gasteiger partial charge is 0.237 e. The molecule has 0 bridgehead atoms. The second-order valence-corrected chi connectivity index (χ2v) is 7.03. The summed E-state index contributed by atoms with van der Waals surface area (Å²) in [4.78, 5) is 14.6. The Hall–Kier alpha value is -0.260. The number of hydrogen-bond donors (Lipinski definition) is 2. The predicted octanol–water partition coefficient (Wildman–Crippen LogP) is 1.32. The molecular formula is C15H29N3OS. The molecule has 5 heteroatoms. The SMILES string of the molecule is CSCCCN1CCCC(CNC(=O)C2CCCN2)C1. The van der Waals surface area contributed by atoms with Crippen molar-refractivity contribution in [2.75, 3.05) is 44.7 Å². The summed E-state index contributed by atoms with van der Waals surface area (Å²) in [6, 6.07) is 0.0660. The van der Waals surface area contributed by atoms with Gasteiger partial charge >= 0.3 is 0 Å². The molecule has 2 rings (SSSR count). The van der Waals surface area contributed by atoms with Crippen LogP contribution >= 0.6 is 11.8 Å².